The molecule has 2 aromatic carbocycles. The maximum Gasteiger partial charge on any atom is 0.342 e. The average Bonchev–Trinajstić information content (AvgIpc) is 3.24. The van der Waals surface area contributed by atoms with Gasteiger partial charge >= 0.3 is 6.03 Å². The number of fused-ring (bicyclic) bond motifs is 1. The first-order valence-electron chi connectivity index (χ1n) is 9.71. The number of nitrogens with one attached hydrogen (secondary N) is 1. The van der Waals surface area contributed by atoms with Gasteiger partial charge in [0.2, 0.25) is 0 Å². The number of carbonyl (C=O) groups is 1. The first kappa shape index (κ1) is 19.7. The minimum absolute atomic E-state index is 0.183. The summed E-state index contributed by atoms with van der Waals surface area (Å²) in [6, 6.07) is 16.0. The molecule has 0 saturated carbocycles. The molecule has 2 heterocycles. The van der Waals surface area contributed by atoms with Gasteiger partial charge in [0.15, 0.2) is 5.66 Å². The van der Waals surface area contributed by atoms with Gasteiger partial charge in [-0.15, -0.1) is 0 Å². The molecule has 1 aromatic heterocycles. The van der Waals surface area contributed by atoms with Crippen molar-refractivity contribution in [3.63, 3.8) is 0 Å². The summed E-state index contributed by atoms with van der Waals surface area (Å²) in [6.45, 7) is 4.39. The molecular formula is C22H24ClFN4O. The molecule has 3 unspecified atom stereocenters. The summed E-state index contributed by atoms with van der Waals surface area (Å²) < 4.78 is 15.4. The fourth-order valence-electron chi connectivity index (χ4n) is 4.36. The number of para-hydroxylation sites is 1. The minimum Gasteiger partial charge on any atom is -0.303 e. The lowest BCUT2D eigenvalue weighted by atomic mass is 9.87. The Bertz CT molecular complexity index is 1040. The first-order chi connectivity index (χ1) is 14.0. The lowest BCUT2D eigenvalue weighted by Crippen LogP contribution is -2.66. The number of likely N-dealkylation sites (N-methyl/N-ethyl adjacent to an activating group) is 2. The Morgan fingerprint density at radius 1 is 1.17 bits per heavy atom. The molecule has 152 valence electrons. The maximum atomic E-state index is 13.5. The van der Waals surface area contributed by atoms with Gasteiger partial charge in [-0.3, -0.25) is 9.99 Å². The van der Waals surface area contributed by atoms with Gasteiger partial charge in [0.1, 0.15) is 11.3 Å². The number of urea groups is 1. The number of benzene rings is 2. The van der Waals surface area contributed by atoms with Gasteiger partial charge in [0, 0.05) is 24.0 Å². The molecule has 1 N–H and O–H groups in total. The second-order valence-corrected chi connectivity index (χ2v) is 7.70. The zero-order valence-corrected chi connectivity index (χ0v) is 17.4. The smallest absolute Gasteiger partial charge is 0.303 e. The van der Waals surface area contributed by atoms with Crippen LogP contribution in [0.4, 0.5) is 9.18 Å². The second-order valence-electron chi connectivity index (χ2n) is 7.28. The predicted octanol–water partition coefficient (Wildman–Crippen LogP) is 4.46. The molecule has 5 nitrogen and oxygen atoms in total. The summed E-state index contributed by atoms with van der Waals surface area (Å²) in [5.41, 5.74) is 0.215. The van der Waals surface area contributed by atoms with E-state index >= 15 is 0 Å². The van der Waals surface area contributed by atoms with Crippen molar-refractivity contribution in [2.75, 3.05) is 18.6 Å². The van der Waals surface area contributed by atoms with E-state index in [-0.39, 0.29) is 17.8 Å². The quantitative estimate of drug-likeness (QED) is 0.494. The highest BCUT2D eigenvalue weighted by Crippen LogP contribution is 2.43. The largest absolute Gasteiger partial charge is 0.342 e. The Morgan fingerprint density at radius 3 is 2.52 bits per heavy atom. The van der Waals surface area contributed by atoms with Crippen molar-refractivity contribution in [1.82, 2.24) is 14.9 Å². The molecule has 1 fully saturated rings. The lowest BCUT2D eigenvalue weighted by molar-refractivity contribution is 0.212. The van der Waals surface area contributed by atoms with E-state index in [9.17, 15) is 9.18 Å². The van der Waals surface area contributed by atoms with Gasteiger partial charge < -0.3 is 4.90 Å². The lowest BCUT2D eigenvalue weighted by Gasteiger charge is -2.43. The highest BCUT2D eigenvalue weighted by Gasteiger charge is 2.60. The SMILES string of the molecule is CCN1C(=O)N(n2ccc3ccccc32)C(NC)(C(C)c2ccc(F)cc2)C1Cl. The molecule has 2 amide bonds. The number of hydrogen-bond acceptors (Lipinski definition) is 2. The van der Waals surface area contributed by atoms with Gasteiger partial charge in [-0.1, -0.05) is 48.9 Å². The van der Waals surface area contributed by atoms with Crippen LogP contribution in [0, 0.1) is 5.82 Å². The Kier molecular flexibility index (Phi) is 5.00. The van der Waals surface area contributed by atoms with Crippen LogP contribution < -0.4 is 10.3 Å². The molecule has 4 rings (SSSR count). The molecule has 0 radical (unpaired) electrons. The first-order valence-corrected chi connectivity index (χ1v) is 10.1. The van der Waals surface area contributed by atoms with Crippen LogP contribution in [0.25, 0.3) is 10.9 Å². The molecule has 1 aliphatic rings. The van der Waals surface area contributed by atoms with Crippen LogP contribution in [0.2, 0.25) is 0 Å². The Morgan fingerprint density at radius 2 is 1.86 bits per heavy atom. The Balaban J connectivity index is 1.92. The van der Waals surface area contributed by atoms with Crippen molar-refractivity contribution in [2.24, 2.45) is 0 Å². The number of amides is 2. The number of nitrogens with zero attached hydrogens (tertiary/aromatic N) is 3. The van der Waals surface area contributed by atoms with E-state index < -0.39 is 11.2 Å². The number of rotatable bonds is 5. The van der Waals surface area contributed by atoms with Crippen LogP contribution in [0.1, 0.15) is 25.3 Å². The van der Waals surface area contributed by atoms with Crippen molar-refractivity contribution in [3.05, 3.63) is 72.2 Å². The second kappa shape index (κ2) is 7.35. The van der Waals surface area contributed by atoms with Crippen molar-refractivity contribution in [2.45, 2.75) is 30.9 Å². The Hall–Kier alpha value is -2.57. The van der Waals surface area contributed by atoms with Crippen molar-refractivity contribution in [3.8, 4) is 0 Å². The van der Waals surface area contributed by atoms with Crippen LogP contribution in [0.15, 0.2) is 60.8 Å². The highest BCUT2D eigenvalue weighted by molar-refractivity contribution is 6.24. The molecule has 1 aliphatic heterocycles. The van der Waals surface area contributed by atoms with Gasteiger partial charge in [0.05, 0.1) is 5.52 Å². The van der Waals surface area contributed by atoms with E-state index in [1.807, 2.05) is 55.1 Å². The third kappa shape index (κ3) is 2.81. The standard InChI is InChI=1S/C22H24ClFN4O/c1-4-26-20(23)22(25-3,15(2)16-9-11-18(24)12-10-16)28(21(26)29)27-14-13-17-7-5-6-8-19(17)27/h5-15,20,25H,4H2,1-3H3. The predicted molar refractivity (Wildman–Crippen MR) is 114 cm³/mol. The van der Waals surface area contributed by atoms with E-state index in [4.69, 9.17) is 11.6 Å². The fourth-order valence-corrected chi connectivity index (χ4v) is 4.97. The maximum absolute atomic E-state index is 13.5. The third-order valence-corrected chi connectivity index (χ3v) is 6.55. The normalized spacial score (nSPS) is 23.2. The zero-order chi connectivity index (χ0) is 20.8. The van der Waals surface area contributed by atoms with Gasteiger partial charge in [-0.25, -0.2) is 14.2 Å². The summed E-state index contributed by atoms with van der Waals surface area (Å²) in [4.78, 5) is 15.1. The van der Waals surface area contributed by atoms with E-state index in [0.717, 1.165) is 16.5 Å². The molecule has 0 aliphatic carbocycles. The summed E-state index contributed by atoms with van der Waals surface area (Å²) in [5, 5.41) is 6.08. The highest BCUT2D eigenvalue weighted by atomic mass is 35.5. The van der Waals surface area contributed by atoms with Crippen molar-refractivity contribution < 1.29 is 9.18 Å². The summed E-state index contributed by atoms with van der Waals surface area (Å²) in [5.74, 6) is -0.523. The number of hydrogen-bond donors (Lipinski definition) is 1. The van der Waals surface area contributed by atoms with Crippen molar-refractivity contribution in [1.29, 1.82) is 0 Å². The zero-order valence-electron chi connectivity index (χ0n) is 16.6. The summed E-state index contributed by atoms with van der Waals surface area (Å²) in [7, 11) is 1.81. The van der Waals surface area contributed by atoms with Crippen LogP contribution in [0.5, 0.6) is 0 Å². The van der Waals surface area contributed by atoms with Crippen LogP contribution in [-0.2, 0) is 0 Å². The number of aromatic nitrogens is 1. The van der Waals surface area contributed by atoms with Gasteiger partial charge in [-0.2, -0.15) is 0 Å². The topological polar surface area (TPSA) is 40.5 Å². The molecule has 0 spiro atoms. The van der Waals surface area contributed by atoms with E-state index in [2.05, 4.69) is 5.32 Å². The minimum atomic E-state index is -0.950. The molecule has 29 heavy (non-hydrogen) atoms. The molecule has 3 atom stereocenters. The van der Waals surface area contributed by atoms with Gasteiger partial charge in [-0.05, 0) is 43.8 Å². The number of halogens is 2. The third-order valence-electron chi connectivity index (χ3n) is 5.98. The van der Waals surface area contributed by atoms with Crippen molar-refractivity contribution >= 4 is 28.5 Å². The molecule has 7 heteroatoms. The summed E-state index contributed by atoms with van der Waals surface area (Å²) in [6.07, 6.45) is 1.88. The van der Waals surface area contributed by atoms with E-state index in [1.54, 1.807) is 29.1 Å². The number of carbonyl (C=O) groups excluding carboxylic acids is 1. The Labute approximate surface area is 174 Å². The summed E-state index contributed by atoms with van der Waals surface area (Å²) >= 11 is 6.95. The molecular weight excluding hydrogens is 391 g/mol. The molecule has 1 saturated heterocycles. The fraction of sp³-hybridized carbons (Fsp3) is 0.318. The number of alkyl halides is 1. The molecule has 3 aromatic rings. The van der Waals surface area contributed by atoms with Crippen LogP contribution in [0.3, 0.4) is 0 Å². The monoisotopic (exact) mass is 414 g/mol. The van der Waals surface area contributed by atoms with Crippen LogP contribution >= 0.6 is 11.6 Å². The average molecular weight is 415 g/mol. The van der Waals surface area contributed by atoms with Gasteiger partial charge in [0.25, 0.3) is 0 Å². The van der Waals surface area contributed by atoms with E-state index in [1.165, 1.54) is 12.1 Å². The van der Waals surface area contributed by atoms with Crippen LogP contribution in [-0.4, -0.2) is 40.4 Å². The van der Waals surface area contributed by atoms with E-state index in [0.29, 0.717) is 6.54 Å². The molecule has 0 bridgehead atoms.